The van der Waals surface area contributed by atoms with Crippen LogP contribution in [0.2, 0.25) is 0 Å². The molecule has 1 amide bonds. The quantitative estimate of drug-likeness (QED) is 0.766. The van der Waals surface area contributed by atoms with Gasteiger partial charge in [-0.2, -0.15) is 5.26 Å². The average molecular weight is 338 g/mol. The van der Waals surface area contributed by atoms with Crippen molar-refractivity contribution in [3.63, 3.8) is 0 Å². The van der Waals surface area contributed by atoms with Crippen molar-refractivity contribution < 1.29 is 4.79 Å². The van der Waals surface area contributed by atoms with E-state index < -0.39 is 5.54 Å². The van der Waals surface area contributed by atoms with Crippen molar-refractivity contribution in [2.24, 2.45) is 5.92 Å². The first-order valence-corrected chi connectivity index (χ1v) is 8.58. The van der Waals surface area contributed by atoms with Crippen LogP contribution < -0.4 is 10.2 Å². The number of amides is 1. The lowest BCUT2D eigenvalue weighted by molar-refractivity contribution is -0.120. The third-order valence-corrected chi connectivity index (χ3v) is 4.62. The lowest BCUT2D eigenvalue weighted by Crippen LogP contribution is -2.49. The standard InChI is InChI=1S/C15H26N6OS/c1-10(2)15(5,9-16)17-12(22)8-23-14-19-18-13(20(6)7)21(14)11(3)4/h10-11H,8H2,1-7H3,(H,17,22)/t15-/m1/s1. The Balaban J connectivity index is 2.80. The van der Waals surface area contributed by atoms with Gasteiger partial charge in [0.15, 0.2) is 5.16 Å². The second-order valence-corrected chi connectivity index (χ2v) is 7.39. The molecule has 7 nitrogen and oxygen atoms in total. The SMILES string of the molecule is CC(C)n1c(SCC(=O)N[C@](C)(C#N)C(C)C)nnc1N(C)C. The van der Waals surface area contributed by atoms with Crippen LogP contribution in [0.15, 0.2) is 5.16 Å². The van der Waals surface area contributed by atoms with E-state index in [0.717, 1.165) is 5.95 Å². The van der Waals surface area contributed by atoms with Gasteiger partial charge in [-0.05, 0) is 26.7 Å². The Hall–Kier alpha value is -1.75. The number of rotatable bonds is 7. The highest BCUT2D eigenvalue weighted by molar-refractivity contribution is 7.99. The van der Waals surface area contributed by atoms with Crippen LogP contribution in [0, 0.1) is 17.2 Å². The number of nitrogens with zero attached hydrogens (tertiary/aromatic N) is 5. The molecule has 23 heavy (non-hydrogen) atoms. The maximum Gasteiger partial charge on any atom is 0.231 e. The highest BCUT2D eigenvalue weighted by Gasteiger charge is 2.30. The summed E-state index contributed by atoms with van der Waals surface area (Å²) in [6, 6.07) is 2.36. The van der Waals surface area contributed by atoms with Crippen molar-refractivity contribution in [1.82, 2.24) is 20.1 Å². The van der Waals surface area contributed by atoms with Gasteiger partial charge in [0.1, 0.15) is 5.54 Å². The fraction of sp³-hybridized carbons (Fsp3) is 0.733. The first-order valence-electron chi connectivity index (χ1n) is 7.59. The van der Waals surface area contributed by atoms with Crippen LogP contribution in [0.3, 0.4) is 0 Å². The summed E-state index contributed by atoms with van der Waals surface area (Å²) in [5, 5.41) is 21.1. The van der Waals surface area contributed by atoms with Gasteiger partial charge in [-0.25, -0.2) is 0 Å². The zero-order chi connectivity index (χ0) is 17.8. The van der Waals surface area contributed by atoms with Crippen LogP contribution in [0.5, 0.6) is 0 Å². The summed E-state index contributed by atoms with van der Waals surface area (Å²) < 4.78 is 1.99. The molecule has 1 heterocycles. The van der Waals surface area contributed by atoms with E-state index in [-0.39, 0.29) is 23.6 Å². The number of thioether (sulfide) groups is 1. The Labute approximate surface area is 142 Å². The predicted octanol–water partition coefficient (Wildman–Crippen LogP) is 2.07. The highest BCUT2D eigenvalue weighted by atomic mass is 32.2. The van der Waals surface area contributed by atoms with Crippen LogP contribution >= 0.6 is 11.8 Å². The second-order valence-electron chi connectivity index (χ2n) is 6.45. The first kappa shape index (κ1) is 19.3. The molecule has 0 spiro atoms. The van der Waals surface area contributed by atoms with E-state index in [9.17, 15) is 10.1 Å². The Morgan fingerprint density at radius 2 is 2.00 bits per heavy atom. The molecule has 128 valence electrons. The van der Waals surface area contributed by atoms with E-state index in [2.05, 4.69) is 21.6 Å². The minimum Gasteiger partial charge on any atom is -0.347 e. The highest BCUT2D eigenvalue weighted by Crippen LogP contribution is 2.25. The minimum absolute atomic E-state index is 0.0288. The van der Waals surface area contributed by atoms with Crippen LogP contribution in [0.25, 0.3) is 0 Å². The van der Waals surface area contributed by atoms with Gasteiger partial charge in [-0.15, -0.1) is 10.2 Å². The molecule has 0 aliphatic heterocycles. The summed E-state index contributed by atoms with van der Waals surface area (Å²) in [6.45, 7) is 9.66. The zero-order valence-electron chi connectivity index (χ0n) is 14.9. The van der Waals surface area contributed by atoms with E-state index >= 15 is 0 Å². The van der Waals surface area contributed by atoms with Gasteiger partial charge in [-0.1, -0.05) is 25.6 Å². The monoisotopic (exact) mass is 338 g/mol. The van der Waals surface area contributed by atoms with E-state index in [0.29, 0.717) is 5.16 Å². The lowest BCUT2D eigenvalue weighted by Gasteiger charge is -2.27. The first-order chi connectivity index (χ1) is 10.6. The van der Waals surface area contributed by atoms with Crippen LogP contribution in [-0.2, 0) is 4.79 Å². The maximum atomic E-state index is 12.2. The number of carbonyl (C=O) groups is 1. The summed E-state index contributed by atoms with van der Waals surface area (Å²) in [5.74, 6) is 0.799. The number of aromatic nitrogens is 3. The third kappa shape index (κ3) is 4.61. The van der Waals surface area contributed by atoms with Gasteiger partial charge < -0.3 is 10.2 Å². The molecule has 0 aliphatic rings. The molecule has 1 rings (SSSR count). The molecule has 1 N–H and O–H groups in total. The van der Waals surface area contributed by atoms with Crippen molar-refractivity contribution in [3.05, 3.63) is 0 Å². The Kier molecular flexibility index (Phi) is 6.45. The summed E-state index contributed by atoms with van der Waals surface area (Å²) in [7, 11) is 3.82. The Morgan fingerprint density at radius 3 is 2.43 bits per heavy atom. The fourth-order valence-corrected chi connectivity index (χ4v) is 2.74. The summed E-state index contributed by atoms with van der Waals surface area (Å²) >= 11 is 1.33. The predicted molar refractivity (Wildman–Crippen MR) is 92.5 cm³/mol. The molecule has 1 atom stereocenters. The minimum atomic E-state index is -0.863. The molecule has 1 aromatic rings. The van der Waals surface area contributed by atoms with Crippen molar-refractivity contribution in [2.45, 2.75) is 51.4 Å². The van der Waals surface area contributed by atoms with Gasteiger partial charge in [0.05, 0.1) is 11.8 Å². The third-order valence-electron chi connectivity index (χ3n) is 3.68. The molecule has 0 unspecified atom stereocenters. The number of hydrogen-bond acceptors (Lipinski definition) is 6. The Morgan fingerprint density at radius 1 is 1.39 bits per heavy atom. The number of nitrogens with one attached hydrogen (secondary N) is 1. The molecule has 8 heteroatoms. The average Bonchev–Trinajstić information content (AvgIpc) is 2.89. The lowest BCUT2D eigenvalue weighted by atomic mass is 9.90. The second kappa shape index (κ2) is 7.68. The maximum absolute atomic E-state index is 12.2. The molecular weight excluding hydrogens is 312 g/mol. The van der Waals surface area contributed by atoms with E-state index in [1.54, 1.807) is 6.92 Å². The van der Waals surface area contributed by atoms with Crippen LogP contribution in [0.1, 0.15) is 40.7 Å². The molecule has 0 saturated carbocycles. The molecule has 0 aromatic carbocycles. The fourth-order valence-electron chi connectivity index (χ4n) is 1.88. The van der Waals surface area contributed by atoms with E-state index in [1.807, 2.05) is 51.3 Å². The van der Waals surface area contributed by atoms with Gasteiger partial charge in [0.25, 0.3) is 0 Å². The largest absolute Gasteiger partial charge is 0.347 e. The Bertz CT molecular complexity index is 589. The summed E-state index contributed by atoms with van der Waals surface area (Å²) in [5.41, 5.74) is -0.863. The number of anilines is 1. The van der Waals surface area contributed by atoms with Crippen molar-refractivity contribution in [3.8, 4) is 6.07 Å². The molecule has 0 saturated heterocycles. The smallest absolute Gasteiger partial charge is 0.231 e. The molecule has 0 bridgehead atoms. The number of carbonyl (C=O) groups excluding carboxylic acids is 1. The summed E-state index contributed by atoms with van der Waals surface area (Å²) in [6.07, 6.45) is 0. The van der Waals surface area contributed by atoms with E-state index in [1.165, 1.54) is 11.8 Å². The van der Waals surface area contributed by atoms with Gasteiger partial charge in [-0.3, -0.25) is 9.36 Å². The van der Waals surface area contributed by atoms with Gasteiger partial charge in [0.2, 0.25) is 11.9 Å². The zero-order valence-corrected chi connectivity index (χ0v) is 15.7. The molecular formula is C15H26N6OS. The van der Waals surface area contributed by atoms with Crippen LogP contribution in [-0.4, -0.2) is 46.1 Å². The van der Waals surface area contributed by atoms with Crippen molar-refractivity contribution in [1.29, 1.82) is 5.26 Å². The van der Waals surface area contributed by atoms with Crippen molar-refractivity contribution >= 4 is 23.6 Å². The molecule has 0 aliphatic carbocycles. The van der Waals surface area contributed by atoms with Gasteiger partial charge in [0, 0.05) is 20.1 Å². The molecule has 0 radical (unpaired) electrons. The topological polar surface area (TPSA) is 86.8 Å². The van der Waals surface area contributed by atoms with E-state index in [4.69, 9.17) is 0 Å². The van der Waals surface area contributed by atoms with Gasteiger partial charge >= 0.3 is 0 Å². The number of hydrogen-bond donors (Lipinski definition) is 1. The summed E-state index contributed by atoms with van der Waals surface area (Å²) in [4.78, 5) is 14.1. The molecule has 1 aromatic heterocycles. The number of nitriles is 1. The normalized spacial score (nSPS) is 13.7. The van der Waals surface area contributed by atoms with Crippen LogP contribution in [0.4, 0.5) is 5.95 Å². The molecule has 0 fully saturated rings. The van der Waals surface area contributed by atoms with Crippen molar-refractivity contribution in [2.75, 3.05) is 24.7 Å².